The summed E-state index contributed by atoms with van der Waals surface area (Å²) in [5, 5.41) is 10.4. The maximum atomic E-state index is 13.6. The fourth-order valence-corrected chi connectivity index (χ4v) is 1.38. The van der Waals surface area contributed by atoms with Gasteiger partial charge < -0.3 is 0 Å². The van der Waals surface area contributed by atoms with E-state index in [0.717, 1.165) is 6.07 Å². The van der Waals surface area contributed by atoms with Crippen molar-refractivity contribution in [1.82, 2.24) is 4.98 Å². The molecular formula is C11H7FN2O2. The van der Waals surface area contributed by atoms with Crippen molar-refractivity contribution < 1.29 is 9.31 Å². The molecule has 1 aromatic carbocycles. The van der Waals surface area contributed by atoms with E-state index >= 15 is 0 Å². The second kappa shape index (κ2) is 4.06. The van der Waals surface area contributed by atoms with Gasteiger partial charge in [0.1, 0.15) is 5.82 Å². The van der Waals surface area contributed by atoms with Gasteiger partial charge >= 0.3 is 0 Å². The summed E-state index contributed by atoms with van der Waals surface area (Å²) in [7, 11) is 0. The highest BCUT2D eigenvalue weighted by molar-refractivity contribution is 5.64. The van der Waals surface area contributed by atoms with Crippen molar-refractivity contribution in [3.63, 3.8) is 0 Å². The fourth-order valence-electron chi connectivity index (χ4n) is 1.38. The first kappa shape index (κ1) is 10.2. The first-order valence-corrected chi connectivity index (χ1v) is 4.53. The largest absolute Gasteiger partial charge is 0.272 e. The van der Waals surface area contributed by atoms with Crippen molar-refractivity contribution in [2.24, 2.45) is 0 Å². The number of non-ortho nitro benzene ring substituents is 1. The molecular weight excluding hydrogens is 211 g/mol. The molecule has 4 nitrogen and oxygen atoms in total. The molecule has 0 unspecified atom stereocenters. The predicted octanol–water partition coefficient (Wildman–Crippen LogP) is 2.80. The Bertz CT molecular complexity index is 529. The molecule has 0 fully saturated rings. The first-order valence-electron chi connectivity index (χ1n) is 4.53. The molecule has 0 radical (unpaired) electrons. The normalized spacial score (nSPS) is 10.1. The lowest BCUT2D eigenvalue weighted by atomic mass is 10.1. The maximum Gasteiger partial charge on any atom is 0.272 e. The monoisotopic (exact) mass is 218 g/mol. The molecule has 0 saturated carbocycles. The minimum Gasteiger partial charge on any atom is -0.265 e. The van der Waals surface area contributed by atoms with Gasteiger partial charge in [0.25, 0.3) is 5.69 Å². The molecule has 0 atom stereocenters. The Balaban J connectivity index is 2.48. The van der Waals surface area contributed by atoms with E-state index in [0.29, 0.717) is 11.1 Å². The molecule has 0 spiro atoms. The SMILES string of the molecule is O=[N+]([O-])c1ccc(-c2ccncc2)c(F)c1. The highest BCUT2D eigenvalue weighted by Gasteiger charge is 2.11. The van der Waals surface area contributed by atoms with E-state index < -0.39 is 10.7 Å². The third-order valence-corrected chi connectivity index (χ3v) is 2.15. The zero-order valence-corrected chi connectivity index (χ0v) is 8.13. The minimum absolute atomic E-state index is 0.254. The lowest BCUT2D eigenvalue weighted by Gasteiger charge is -2.02. The first-order chi connectivity index (χ1) is 7.68. The Kier molecular flexibility index (Phi) is 2.59. The standard InChI is InChI=1S/C11H7FN2O2/c12-11-7-9(14(15)16)1-2-10(11)8-3-5-13-6-4-8/h1-7H. The number of nitro benzene ring substituents is 1. The molecule has 0 saturated heterocycles. The number of aromatic nitrogens is 1. The van der Waals surface area contributed by atoms with E-state index in [-0.39, 0.29) is 5.69 Å². The predicted molar refractivity (Wildman–Crippen MR) is 56.3 cm³/mol. The van der Waals surface area contributed by atoms with Crippen LogP contribution in [0.25, 0.3) is 11.1 Å². The Morgan fingerprint density at radius 2 is 1.88 bits per heavy atom. The fraction of sp³-hybridized carbons (Fsp3) is 0. The van der Waals surface area contributed by atoms with Gasteiger partial charge in [-0.25, -0.2) is 4.39 Å². The van der Waals surface area contributed by atoms with Gasteiger partial charge in [0.05, 0.1) is 11.0 Å². The number of rotatable bonds is 2. The third-order valence-electron chi connectivity index (χ3n) is 2.15. The van der Waals surface area contributed by atoms with Crippen LogP contribution in [-0.2, 0) is 0 Å². The van der Waals surface area contributed by atoms with Gasteiger partial charge in [0, 0.05) is 24.0 Å². The van der Waals surface area contributed by atoms with Crippen molar-refractivity contribution in [1.29, 1.82) is 0 Å². The number of benzene rings is 1. The van der Waals surface area contributed by atoms with Crippen LogP contribution in [0.1, 0.15) is 0 Å². The van der Waals surface area contributed by atoms with Crippen LogP contribution in [0.2, 0.25) is 0 Å². The molecule has 80 valence electrons. The summed E-state index contributed by atoms with van der Waals surface area (Å²) in [6.07, 6.45) is 3.08. The van der Waals surface area contributed by atoms with Gasteiger partial charge in [-0.15, -0.1) is 0 Å². The van der Waals surface area contributed by atoms with Gasteiger partial charge in [0.2, 0.25) is 0 Å². The summed E-state index contributed by atoms with van der Waals surface area (Å²) in [6, 6.07) is 6.87. The number of hydrogen-bond acceptors (Lipinski definition) is 3. The molecule has 0 bridgehead atoms. The molecule has 5 heteroatoms. The lowest BCUT2D eigenvalue weighted by molar-refractivity contribution is -0.385. The molecule has 0 aliphatic heterocycles. The van der Waals surface area contributed by atoms with Gasteiger partial charge in [-0.2, -0.15) is 0 Å². The second-order valence-corrected chi connectivity index (χ2v) is 3.16. The molecule has 2 rings (SSSR count). The summed E-state index contributed by atoms with van der Waals surface area (Å²) >= 11 is 0. The molecule has 0 amide bonds. The van der Waals surface area contributed by atoms with Crippen LogP contribution in [0.4, 0.5) is 10.1 Å². The Hall–Kier alpha value is -2.30. The lowest BCUT2D eigenvalue weighted by Crippen LogP contribution is -1.91. The summed E-state index contributed by atoms with van der Waals surface area (Å²) in [4.78, 5) is 13.6. The highest BCUT2D eigenvalue weighted by Crippen LogP contribution is 2.25. The van der Waals surface area contributed by atoms with Gasteiger partial charge in [0.15, 0.2) is 0 Å². The minimum atomic E-state index is -0.626. The average molecular weight is 218 g/mol. The van der Waals surface area contributed by atoms with E-state index in [1.165, 1.54) is 24.5 Å². The van der Waals surface area contributed by atoms with Gasteiger partial charge in [-0.05, 0) is 23.8 Å². The van der Waals surface area contributed by atoms with E-state index in [9.17, 15) is 14.5 Å². The third kappa shape index (κ3) is 1.88. The van der Waals surface area contributed by atoms with E-state index in [4.69, 9.17) is 0 Å². The van der Waals surface area contributed by atoms with Crippen LogP contribution in [0.5, 0.6) is 0 Å². The summed E-state index contributed by atoms with van der Waals surface area (Å²) in [6.45, 7) is 0. The highest BCUT2D eigenvalue weighted by atomic mass is 19.1. The van der Waals surface area contributed by atoms with Crippen LogP contribution in [0.3, 0.4) is 0 Å². The summed E-state index contributed by atoms with van der Waals surface area (Å²) in [5.41, 5.74) is 0.714. The summed E-state index contributed by atoms with van der Waals surface area (Å²) < 4.78 is 13.6. The van der Waals surface area contributed by atoms with Crippen molar-refractivity contribution >= 4 is 5.69 Å². The smallest absolute Gasteiger partial charge is 0.265 e. The van der Waals surface area contributed by atoms with Gasteiger partial charge in [-0.3, -0.25) is 15.1 Å². The average Bonchev–Trinajstić information content (AvgIpc) is 2.30. The molecule has 1 heterocycles. The van der Waals surface area contributed by atoms with Crippen molar-refractivity contribution in [3.05, 3.63) is 58.7 Å². The van der Waals surface area contributed by atoms with Crippen molar-refractivity contribution in [3.8, 4) is 11.1 Å². The zero-order valence-electron chi connectivity index (χ0n) is 8.13. The van der Waals surface area contributed by atoms with Crippen molar-refractivity contribution in [2.75, 3.05) is 0 Å². The molecule has 0 aliphatic rings. The number of pyridine rings is 1. The second-order valence-electron chi connectivity index (χ2n) is 3.16. The van der Waals surface area contributed by atoms with Crippen molar-refractivity contribution in [2.45, 2.75) is 0 Å². The van der Waals surface area contributed by atoms with Crippen LogP contribution < -0.4 is 0 Å². The number of halogens is 1. The van der Waals surface area contributed by atoms with Crippen LogP contribution >= 0.6 is 0 Å². The van der Waals surface area contributed by atoms with E-state index in [1.54, 1.807) is 12.1 Å². The van der Waals surface area contributed by atoms with E-state index in [1.807, 2.05) is 0 Å². The molecule has 0 aliphatic carbocycles. The van der Waals surface area contributed by atoms with Crippen LogP contribution in [0, 0.1) is 15.9 Å². The van der Waals surface area contributed by atoms with Gasteiger partial charge in [-0.1, -0.05) is 0 Å². The maximum absolute atomic E-state index is 13.6. The molecule has 1 aromatic heterocycles. The molecule has 0 N–H and O–H groups in total. The Labute approximate surface area is 90.5 Å². The van der Waals surface area contributed by atoms with Crippen LogP contribution in [0.15, 0.2) is 42.7 Å². The zero-order chi connectivity index (χ0) is 11.5. The van der Waals surface area contributed by atoms with Crippen LogP contribution in [-0.4, -0.2) is 9.91 Å². The Morgan fingerprint density at radius 1 is 1.19 bits per heavy atom. The molecule has 16 heavy (non-hydrogen) atoms. The quantitative estimate of drug-likeness (QED) is 0.575. The Morgan fingerprint density at radius 3 is 2.44 bits per heavy atom. The number of nitro groups is 1. The topological polar surface area (TPSA) is 56.0 Å². The number of hydrogen-bond donors (Lipinski definition) is 0. The number of nitrogens with zero attached hydrogens (tertiary/aromatic N) is 2. The summed E-state index contributed by atoms with van der Waals surface area (Å²) in [5.74, 6) is -0.611. The molecule has 2 aromatic rings. The van der Waals surface area contributed by atoms with E-state index in [2.05, 4.69) is 4.98 Å².